The molecule has 0 bridgehead atoms. The minimum absolute atomic E-state index is 0.0559. The molecule has 3 aliphatic rings. The first-order valence-corrected chi connectivity index (χ1v) is 7.55. The molecule has 0 aromatic heterocycles. The molecule has 0 unspecified atom stereocenters. The summed E-state index contributed by atoms with van der Waals surface area (Å²) in [5.74, 6) is 3.55. The van der Waals surface area contributed by atoms with E-state index in [1.54, 1.807) is 5.57 Å². The van der Waals surface area contributed by atoms with Crippen LogP contribution in [0.5, 0.6) is 0 Å². The maximum atomic E-state index is 10.4. The average molecular weight is 234 g/mol. The second-order valence-corrected chi connectivity index (χ2v) is 6.79. The first-order chi connectivity index (χ1) is 8.16. The molecule has 0 amide bonds. The van der Waals surface area contributed by atoms with Crippen molar-refractivity contribution in [1.29, 1.82) is 0 Å². The van der Waals surface area contributed by atoms with Gasteiger partial charge >= 0.3 is 0 Å². The van der Waals surface area contributed by atoms with Gasteiger partial charge in [0.25, 0.3) is 0 Å². The van der Waals surface area contributed by atoms with Crippen LogP contribution in [0, 0.1) is 29.6 Å². The number of hydrogen-bond donors (Lipinski definition) is 1. The minimum Gasteiger partial charge on any atom is -0.393 e. The monoisotopic (exact) mass is 234 g/mol. The molecule has 0 radical (unpaired) electrons. The Morgan fingerprint density at radius 1 is 1.18 bits per heavy atom. The average Bonchev–Trinajstić information content (AvgIpc) is 2.86. The molecule has 6 atom stereocenters. The highest BCUT2D eigenvalue weighted by molar-refractivity contribution is 5.17. The van der Waals surface area contributed by atoms with E-state index in [1.807, 2.05) is 0 Å². The number of aliphatic hydroxyl groups is 1. The summed E-state index contributed by atoms with van der Waals surface area (Å²) < 4.78 is 0. The van der Waals surface area contributed by atoms with Crippen LogP contribution in [-0.4, -0.2) is 11.2 Å². The summed E-state index contributed by atoms with van der Waals surface area (Å²) in [6.45, 7) is 4.69. The van der Waals surface area contributed by atoms with Crippen molar-refractivity contribution in [2.75, 3.05) is 0 Å². The van der Waals surface area contributed by atoms with E-state index < -0.39 is 0 Å². The molecule has 3 rings (SSSR count). The van der Waals surface area contributed by atoms with Crippen molar-refractivity contribution in [3.8, 4) is 0 Å². The Bertz CT molecular complexity index is 319. The summed E-state index contributed by atoms with van der Waals surface area (Å²) in [6, 6.07) is 0. The lowest BCUT2D eigenvalue weighted by Gasteiger charge is -2.34. The number of hydrogen-bond acceptors (Lipinski definition) is 1. The summed E-state index contributed by atoms with van der Waals surface area (Å²) >= 11 is 0. The van der Waals surface area contributed by atoms with Crippen molar-refractivity contribution in [1.82, 2.24) is 0 Å². The number of allylic oxidation sites excluding steroid dienone is 2. The lowest BCUT2D eigenvalue weighted by atomic mass is 9.73. The second kappa shape index (κ2) is 4.42. The second-order valence-electron chi connectivity index (χ2n) is 6.79. The lowest BCUT2D eigenvalue weighted by molar-refractivity contribution is 0.0524. The summed E-state index contributed by atoms with van der Waals surface area (Å²) in [7, 11) is 0. The quantitative estimate of drug-likeness (QED) is 0.632. The van der Waals surface area contributed by atoms with Gasteiger partial charge in [0.1, 0.15) is 0 Å². The molecule has 1 N–H and O–H groups in total. The van der Waals surface area contributed by atoms with Crippen LogP contribution < -0.4 is 0 Å². The lowest BCUT2D eigenvalue weighted by Crippen LogP contribution is -2.32. The molecule has 0 aromatic carbocycles. The van der Waals surface area contributed by atoms with Crippen molar-refractivity contribution in [3.05, 3.63) is 11.6 Å². The van der Waals surface area contributed by atoms with E-state index in [2.05, 4.69) is 19.9 Å². The van der Waals surface area contributed by atoms with E-state index >= 15 is 0 Å². The molecule has 3 aliphatic carbocycles. The topological polar surface area (TPSA) is 20.2 Å². The molecule has 0 aliphatic heterocycles. The molecule has 1 heteroatoms. The fraction of sp³-hybridized carbons (Fsp3) is 0.875. The standard InChI is InChI=1S/C16H26O/c1-10-6-7-14-11(2)16(17)9-13-5-3-4-12(13)8-15(10)14/h8,10-11,13-17H,3-7,9H2,1-2H3/b12-8-/t10-,11+,13-,14+,15+,16+/m1/s1. The molecule has 96 valence electrons. The van der Waals surface area contributed by atoms with Gasteiger partial charge in [-0.05, 0) is 68.1 Å². The van der Waals surface area contributed by atoms with Crippen LogP contribution in [0.15, 0.2) is 11.6 Å². The zero-order valence-corrected chi connectivity index (χ0v) is 11.2. The number of fused-ring (bicyclic) bond motifs is 2. The van der Waals surface area contributed by atoms with Crippen molar-refractivity contribution >= 4 is 0 Å². The predicted molar refractivity (Wildman–Crippen MR) is 70.6 cm³/mol. The third-order valence-electron chi connectivity index (χ3n) is 5.86. The number of rotatable bonds is 0. The van der Waals surface area contributed by atoms with Gasteiger partial charge < -0.3 is 5.11 Å². The van der Waals surface area contributed by atoms with Crippen molar-refractivity contribution < 1.29 is 5.11 Å². The first-order valence-electron chi connectivity index (χ1n) is 7.55. The molecule has 17 heavy (non-hydrogen) atoms. The van der Waals surface area contributed by atoms with Gasteiger partial charge in [0, 0.05) is 0 Å². The maximum absolute atomic E-state index is 10.4. The number of aliphatic hydroxyl groups excluding tert-OH is 1. The summed E-state index contributed by atoms with van der Waals surface area (Å²) in [5.41, 5.74) is 1.69. The molecule has 0 heterocycles. The molecule has 2 fully saturated rings. The Balaban J connectivity index is 1.93. The Kier molecular flexibility index (Phi) is 3.06. The first kappa shape index (κ1) is 11.8. The molecule has 1 nitrogen and oxygen atoms in total. The fourth-order valence-corrected chi connectivity index (χ4v) is 4.63. The highest BCUT2D eigenvalue weighted by Crippen LogP contribution is 2.48. The van der Waals surface area contributed by atoms with Crippen LogP contribution in [0.3, 0.4) is 0 Å². The third kappa shape index (κ3) is 1.97. The van der Waals surface area contributed by atoms with E-state index in [4.69, 9.17) is 0 Å². The van der Waals surface area contributed by atoms with Crippen LogP contribution in [-0.2, 0) is 0 Å². The normalized spacial score (nSPS) is 53.2. The van der Waals surface area contributed by atoms with Gasteiger partial charge in [0.2, 0.25) is 0 Å². The molecular formula is C16H26O. The summed E-state index contributed by atoms with van der Waals surface area (Å²) in [4.78, 5) is 0. The van der Waals surface area contributed by atoms with E-state index in [9.17, 15) is 5.11 Å². The highest BCUT2D eigenvalue weighted by atomic mass is 16.3. The summed E-state index contributed by atoms with van der Waals surface area (Å²) in [5, 5.41) is 10.4. The Hall–Kier alpha value is -0.300. The minimum atomic E-state index is -0.0559. The summed E-state index contributed by atoms with van der Waals surface area (Å²) in [6.07, 6.45) is 10.3. The van der Waals surface area contributed by atoms with Gasteiger partial charge in [-0.2, -0.15) is 0 Å². The largest absolute Gasteiger partial charge is 0.393 e. The van der Waals surface area contributed by atoms with Gasteiger partial charge in [0.15, 0.2) is 0 Å². The Labute approximate surface area is 105 Å². The molecular weight excluding hydrogens is 208 g/mol. The van der Waals surface area contributed by atoms with Gasteiger partial charge in [-0.25, -0.2) is 0 Å². The van der Waals surface area contributed by atoms with Gasteiger partial charge in [0.05, 0.1) is 6.10 Å². The van der Waals surface area contributed by atoms with Crippen LogP contribution in [0.25, 0.3) is 0 Å². The smallest absolute Gasteiger partial charge is 0.0574 e. The zero-order chi connectivity index (χ0) is 12.0. The van der Waals surface area contributed by atoms with Crippen molar-refractivity contribution in [3.63, 3.8) is 0 Å². The Morgan fingerprint density at radius 3 is 2.82 bits per heavy atom. The highest BCUT2D eigenvalue weighted by Gasteiger charge is 2.41. The molecule has 0 aromatic rings. The van der Waals surface area contributed by atoms with Crippen LogP contribution >= 0.6 is 0 Å². The van der Waals surface area contributed by atoms with Crippen LogP contribution in [0.4, 0.5) is 0 Å². The van der Waals surface area contributed by atoms with Gasteiger partial charge in [-0.3, -0.25) is 0 Å². The maximum Gasteiger partial charge on any atom is 0.0574 e. The zero-order valence-electron chi connectivity index (χ0n) is 11.2. The molecule has 2 saturated carbocycles. The van der Waals surface area contributed by atoms with Crippen LogP contribution in [0.1, 0.15) is 52.4 Å². The van der Waals surface area contributed by atoms with Gasteiger partial charge in [-0.15, -0.1) is 0 Å². The van der Waals surface area contributed by atoms with Gasteiger partial charge in [-0.1, -0.05) is 25.5 Å². The fourth-order valence-electron chi connectivity index (χ4n) is 4.63. The van der Waals surface area contributed by atoms with Crippen molar-refractivity contribution in [2.24, 2.45) is 29.6 Å². The SMILES string of the molecule is C[C@H]1[C@@H]2CC[C@@H](C)[C@@H]2/C=C2/CCC[C@@H]2C[C@@H]1O. The molecule has 0 spiro atoms. The van der Waals surface area contributed by atoms with E-state index in [0.29, 0.717) is 11.8 Å². The van der Waals surface area contributed by atoms with Crippen molar-refractivity contribution in [2.45, 2.75) is 58.5 Å². The Morgan fingerprint density at radius 2 is 2.00 bits per heavy atom. The predicted octanol–water partition coefficient (Wildman–Crippen LogP) is 3.78. The molecule has 0 saturated heterocycles. The van der Waals surface area contributed by atoms with E-state index in [0.717, 1.165) is 24.2 Å². The van der Waals surface area contributed by atoms with E-state index in [-0.39, 0.29) is 6.10 Å². The van der Waals surface area contributed by atoms with E-state index in [1.165, 1.54) is 32.1 Å². The third-order valence-corrected chi connectivity index (χ3v) is 5.86. The van der Waals surface area contributed by atoms with Crippen LogP contribution in [0.2, 0.25) is 0 Å².